The number of nitrogens with one attached hydrogen (secondary N) is 1. The lowest BCUT2D eigenvalue weighted by Gasteiger charge is -2.16. The molecule has 0 aliphatic heterocycles. The molecule has 0 radical (unpaired) electrons. The normalized spacial score (nSPS) is 15.1. The summed E-state index contributed by atoms with van der Waals surface area (Å²) in [6, 6.07) is 4.79. The molecule has 3 aromatic rings. The number of carbonyl (C=O) groups is 1. The molecule has 8 nitrogen and oxygen atoms in total. The van der Waals surface area contributed by atoms with E-state index in [9.17, 15) is 22.8 Å². The predicted octanol–water partition coefficient (Wildman–Crippen LogP) is 3.83. The van der Waals surface area contributed by atoms with Gasteiger partial charge in [-0.2, -0.15) is 10.2 Å². The number of hydrogen-bond donors (Lipinski definition) is 1. The van der Waals surface area contributed by atoms with Gasteiger partial charge in [0.2, 0.25) is 5.91 Å². The average Bonchev–Trinajstić information content (AvgIpc) is 3.49. The molecule has 1 aliphatic carbocycles. The van der Waals surface area contributed by atoms with Crippen LogP contribution in [0, 0.1) is 0 Å². The van der Waals surface area contributed by atoms with E-state index in [1.54, 1.807) is 17.8 Å². The van der Waals surface area contributed by atoms with Crippen molar-refractivity contribution in [2.45, 2.75) is 64.5 Å². The molecule has 1 amide bonds. The maximum absolute atomic E-state index is 13.1. The van der Waals surface area contributed by atoms with Crippen molar-refractivity contribution < 1.29 is 22.7 Å². The van der Waals surface area contributed by atoms with Gasteiger partial charge in [-0.05, 0) is 51.3 Å². The number of fused-ring (bicyclic) bond motifs is 1. The van der Waals surface area contributed by atoms with Crippen LogP contribution in [0.15, 0.2) is 35.3 Å². The molecule has 1 fully saturated rings. The van der Waals surface area contributed by atoms with E-state index in [1.807, 2.05) is 13.8 Å². The first-order valence-electron chi connectivity index (χ1n) is 10.7. The molecular formula is C22H24F3N5O3. The van der Waals surface area contributed by atoms with Crippen LogP contribution in [-0.4, -0.2) is 31.8 Å². The van der Waals surface area contributed by atoms with E-state index >= 15 is 0 Å². The van der Waals surface area contributed by atoms with E-state index < -0.39 is 18.3 Å². The Hall–Kier alpha value is -3.37. The average molecular weight is 463 g/mol. The quantitative estimate of drug-likeness (QED) is 0.575. The van der Waals surface area contributed by atoms with Crippen molar-refractivity contribution in [3.63, 3.8) is 0 Å². The number of ether oxygens (including phenoxy) is 1. The summed E-state index contributed by atoms with van der Waals surface area (Å²) in [4.78, 5) is 25.7. The molecule has 33 heavy (non-hydrogen) atoms. The first kappa shape index (κ1) is 22.8. The Morgan fingerprint density at radius 3 is 2.45 bits per heavy atom. The van der Waals surface area contributed by atoms with Crippen LogP contribution in [0.3, 0.4) is 0 Å². The first-order chi connectivity index (χ1) is 15.5. The maximum Gasteiger partial charge on any atom is 0.573 e. The van der Waals surface area contributed by atoms with Crippen molar-refractivity contribution >= 4 is 16.8 Å². The highest BCUT2D eigenvalue weighted by atomic mass is 19.4. The topological polar surface area (TPSA) is 91.0 Å². The summed E-state index contributed by atoms with van der Waals surface area (Å²) in [6.45, 7) is 5.36. The second-order valence-electron chi connectivity index (χ2n) is 8.47. The molecule has 1 N–H and O–H groups in total. The molecule has 1 saturated carbocycles. The number of rotatable bonds is 7. The van der Waals surface area contributed by atoms with Gasteiger partial charge in [-0.3, -0.25) is 14.3 Å². The van der Waals surface area contributed by atoms with Crippen LogP contribution in [0.5, 0.6) is 5.75 Å². The van der Waals surface area contributed by atoms with Gasteiger partial charge in [0, 0.05) is 12.0 Å². The lowest BCUT2D eigenvalue weighted by Crippen LogP contribution is -2.35. The fourth-order valence-corrected chi connectivity index (χ4v) is 3.73. The number of benzene rings is 1. The largest absolute Gasteiger partial charge is 0.573 e. The standard InChI is InChI=1S/C22H24F3N5O3/c1-12(2)30-17-10-26-29(21(32)19(17)20(28-30)15-4-5-15)11-18(31)27-13(3)14-6-8-16(9-7-14)33-22(23,24)25/h6-10,12-13,15H,4-5,11H2,1-3H3,(H,27,31)/t13-/m0/s1. The van der Waals surface area contributed by atoms with Crippen LogP contribution < -0.4 is 15.6 Å². The monoisotopic (exact) mass is 463 g/mol. The van der Waals surface area contributed by atoms with Gasteiger partial charge in [0.05, 0.1) is 28.8 Å². The third-order valence-electron chi connectivity index (χ3n) is 5.48. The fraction of sp³-hybridized carbons (Fsp3) is 0.455. The van der Waals surface area contributed by atoms with Gasteiger partial charge >= 0.3 is 6.36 Å². The smallest absolute Gasteiger partial charge is 0.406 e. The molecule has 176 valence electrons. The number of aromatic nitrogens is 4. The number of carbonyl (C=O) groups excluding carboxylic acids is 1. The Morgan fingerprint density at radius 2 is 1.88 bits per heavy atom. The van der Waals surface area contributed by atoms with Gasteiger partial charge in [0.25, 0.3) is 5.56 Å². The highest BCUT2D eigenvalue weighted by Crippen LogP contribution is 2.41. The number of hydrogen-bond acceptors (Lipinski definition) is 5. The summed E-state index contributed by atoms with van der Waals surface area (Å²) in [5.41, 5.74) is 1.64. The minimum absolute atomic E-state index is 0.0640. The van der Waals surface area contributed by atoms with Crippen molar-refractivity contribution in [1.82, 2.24) is 24.9 Å². The predicted molar refractivity (Wildman–Crippen MR) is 114 cm³/mol. The third-order valence-corrected chi connectivity index (χ3v) is 5.48. The zero-order chi connectivity index (χ0) is 23.9. The van der Waals surface area contributed by atoms with Crippen molar-refractivity contribution in [3.05, 3.63) is 52.1 Å². The Balaban J connectivity index is 1.49. The highest BCUT2D eigenvalue weighted by Gasteiger charge is 2.32. The summed E-state index contributed by atoms with van der Waals surface area (Å²) < 4.78 is 43.7. The van der Waals surface area contributed by atoms with Crippen molar-refractivity contribution in [2.24, 2.45) is 0 Å². The van der Waals surface area contributed by atoms with E-state index in [-0.39, 0.29) is 29.8 Å². The van der Waals surface area contributed by atoms with E-state index in [4.69, 9.17) is 0 Å². The summed E-state index contributed by atoms with van der Waals surface area (Å²) >= 11 is 0. The zero-order valence-electron chi connectivity index (χ0n) is 18.4. The van der Waals surface area contributed by atoms with Crippen molar-refractivity contribution in [3.8, 4) is 5.75 Å². The number of alkyl halides is 3. The van der Waals surface area contributed by atoms with Gasteiger partial charge < -0.3 is 10.1 Å². The van der Waals surface area contributed by atoms with Gasteiger partial charge in [0.1, 0.15) is 12.3 Å². The molecule has 4 rings (SSSR count). The molecular weight excluding hydrogens is 439 g/mol. The minimum Gasteiger partial charge on any atom is -0.406 e. The molecule has 0 saturated heterocycles. The second-order valence-corrected chi connectivity index (χ2v) is 8.47. The summed E-state index contributed by atoms with van der Waals surface area (Å²) in [5.74, 6) is -0.535. The lowest BCUT2D eigenvalue weighted by atomic mass is 10.1. The van der Waals surface area contributed by atoms with E-state index in [0.717, 1.165) is 23.2 Å². The van der Waals surface area contributed by atoms with Crippen LogP contribution in [0.1, 0.15) is 62.9 Å². The maximum atomic E-state index is 13.1. The van der Waals surface area contributed by atoms with Gasteiger partial charge in [-0.25, -0.2) is 4.68 Å². The van der Waals surface area contributed by atoms with Crippen LogP contribution in [0.25, 0.3) is 10.9 Å². The summed E-state index contributed by atoms with van der Waals surface area (Å²) in [6.07, 6.45) is -1.24. The number of halogens is 3. The van der Waals surface area contributed by atoms with Crippen LogP contribution in [0.4, 0.5) is 13.2 Å². The Bertz CT molecular complexity index is 1230. The third kappa shape index (κ3) is 5.01. The van der Waals surface area contributed by atoms with Gasteiger partial charge in [-0.1, -0.05) is 12.1 Å². The van der Waals surface area contributed by atoms with Crippen molar-refractivity contribution in [1.29, 1.82) is 0 Å². The van der Waals surface area contributed by atoms with E-state index in [0.29, 0.717) is 16.5 Å². The molecule has 0 unspecified atom stereocenters. The summed E-state index contributed by atoms with van der Waals surface area (Å²) in [5, 5.41) is 12.0. The Labute approximate surface area is 187 Å². The molecule has 2 heterocycles. The molecule has 11 heteroatoms. The summed E-state index contributed by atoms with van der Waals surface area (Å²) in [7, 11) is 0. The fourth-order valence-electron chi connectivity index (χ4n) is 3.73. The van der Waals surface area contributed by atoms with Crippen LogP contribution in [-0.2, 0) is 11.3 Å². The van der Waals surface area contributed by atoms with Gasteiger partial charge in [0.15, 0.2) is 0 Å². The molecule has 0 spiro atoms. The van der Waals surface area contributed by atoms with Gasteiger partial charge in [-0.15, -0.1) is 13.2 Å². The number of nitrogens with zero attached hydrogens (tertiary/aromatic N) is 4. The minimum atomic E-state index is -4.77. The van der Waals surface area contributed by atoms with Crippen LogP contribution >= 0.6 is 0 Å². The Kier molecular flexibility index (Phi) is 5.89. The van der Waals surface area contributed by atoms with E-state index in [2.05, 4.69) is 20.3 Å². The van der Waals surface area contributed by atoms with E-state index in [1.165, 1.54) is 24.3 Å². The zero-order valence-corrected chi connectivity index (χ0v) is 18.4. The molecule has 1 atom stereocenters. The molecule has 1 aliphatic rings. The second kappa shape index (κ2) is 8.53. The first-order valence-corrected chi connectivity index (χ1v) is 10.7. The highest BCUT2D eigenvalue weighted by molar-refractivity contribution is 5.82. The molecule has 2 aromatic heterocycles. The Morgan fingerprint density at radius 1 is 1.21 bits per heavy atom. The molecule has 1 aromatic carbocycles. The number of amides is 1. The lowest BCUT2D eigenvalue weighted by molar-refractivity contribution is -0.274. The van der Waals surface area contributed by atoms with Crippen LogP contribution in [0.2, 0.25) is 0 Å². The van der Waals surface area contributed by atoms with Crippen molar-refractivity contribution in [2.75, 3.05) is 0 Å². The molecule has 0 bridgehead atoms. The SMILES string of the molecule is CC(C)n1nc(C2CC2)c2c(=O)n(CC(=O)N[C@@H](C)c3ccc(OC(F)(F)F)cc3)ncc21.